The summed E-state index contributed by atoms with van der Waals surface area (Å²) in [4.78, 5) is 31.0. The van der Waals surface area contributed by atoms with Crippen LogP contribution in [0.4, 0.5) is 10.5 Å². The number of thiazole rings is 1. The Labute approximate surface area is 188 Å². The van der Waals surface area contributed by atoms with Crippen LogP contribution in [0.5, 0.6) is 0 Å². The zero-order chi connectivity index (χ0) is 22.1. The molecule has 0 saturated carbocycles. The van der Waals surface area contributed by atoms with E-state index in [1.54, 1.807) is 23.5 Å². The molecule has 1 saturated heterocycles. The molecule has 0 aliphatic carbocycles. The molecule has 1 aliphatic heterocycles. The predicted molar refractivity (Wildman–Crippen MR) is 125 cm³/mol. The van der Waals surface area contributed by atoms with Crippen LogP contribution in [0.1, 0.15) is 12.0 Å². The molecule has 0 atom stereocenters. The number of urea groups is 1. The monoisotopic (exact) mass is 449 g/mol. The standard InChI is InChI=1S/C23H23N5O3S/c24-22(30)25-17-5-3-16(4-6-17)18-14-28-19-7-1-15(13-20(19)32-23(28)26-18)2-8-21(29)27-9-11-31-12-10-27/h1,3-7,13-14H,2,8-12H2,(H3,24,25,30). The zero-order valence-corrected chi connectivity index (χ0v) is 18.2. The molecule has 0 spiro atoms. The lowest BCUT2D eigenvalue weighted by Gasteiger charge is -2.26. The van der Waals surface area contributed by atoms with Gasteiger partial charge < -0.3 is 20.7 Å². The second-order valence-corrected chi connectivity index (χ2v) is 8.75. The minimum atomic E-state index is -0.587. The van der Waals surface area contributed by atoms with E-state index in [0.717, 1.165) is 38.4 Å². The first kappa shape index (κ1) is 20.5. The van der Waals surface area contributed by atoms with E-state index in [2.05, 4.69) is 27.9 Å². The second-order valence-electron chi connectivity index (χ2n) is 7.74. The van der Waals surface area contributed by atoms with Crippen molar-refractivity contribution >= 4 is 44.1 Å². The van der Waals surface area contributed by atoms with Gasteiger partial charge in [-0.1, -0.05) is 29.5 Å². The highest BCUT2D eigenvalue weighted by Gasteiger charge is 2.17. The lowest BCUT2D eigenvalue weighted by Crippen LogP contribution is -2.40. The van der Waals surface area contributed by atoms with Gasteiger partial charge in [0.1, 0.15) is 0 Å². The molecule has 0 unspecified atom stereocenters. The molecule has 2 aromatic heterocycles. The smallest absolute Gasteiger partial charge is 0.316 e. The third-order valence-corrected chi connectivity index (χ3v) is 6.62. The fourth-order valence-electron chi connectivity index (χ4n) is 3.93. The Balaban J connectivity index is 1.32. The van der Waals surface area contributed by atoms with Crippen LogP contribution >= 0.6 is 11.3 Å². The fourth-order valence-corrected chi connectivity index (χ4v) is 5.00. The van der Waals surface area contributed by atoms with E-state index in [1.807, 2.05) is 23.2 Å². The Morgan fingerprint density at radius 1 is 1.12 bits per heavy atom. The third kappa shape index (κ3) is 4.17. The lowest BCUT2D eigenvalue weighted by molar-refractivity contribution is -0.135. The first-order chi connectivity index (χ1) is 15.6. The summed E-state index contributed by atoms with van der Waals surface area (Å²) in [6.45, 7) is 2.63. The van der Waals surface area contributed by atoms with Gasteiger partial charge in [0.2, 0.25) is 5.91 Å². The van der Waals surface area contributed by atoms with E-state index >= 15 is 0 Å². The number of hydrogen-bond acceptors (Lipinski definition) is 5. The molecule has 3 N–H and O–H groups in total. The topological polar surface area (TPSA) is 102 Å². The molecule has 5 rings (SSSR count). The summed E-state index contributed by atoms with van der Waals surface area (Å²) in [6.07, 6.45) is 3.26. The fraction of sp³-hybridized carbons (Fsp3) is 0.261. The summed E-state index contributed by atoms with van der Waals surface area (Å²) in [5, 5.41) is 2.56. The number of aromatic nitrogens is 2. The minimum absolute atomic E-state index is 0.191. The van der Waals surface area contributed by atoms with Gasteiger partial charge in [0.15, 0.2) is 4.96 Å². The highest BCUT2D eigenvalue weighted by molar-refractivity contribution is 7.23. The number of nitrogens with zero attached hydrogens (tertiary/aromatic N) is 3. The van der Waals surface area contributed by atoms with E-state index in [9.17, 15) is 9.59 Å². The van der Waals surface area contributed by atoms with Gasteiger partial charge >= 0.3 is 6.03 Å². The molecular weight excluding hydrogens is 426 g/mol. The lowest BCUT2D eigenvalue weighted by atomic mass is 10.1. The largest absolute Gasteiger partial charge is 0.378 e. The van der Waals surface area contributed by atoms with Crippen molar-refractivity contribution in [2.45, 2.75) is 12.8 Å². The number of nitrogens with one attached hydrogen (secondary N) is 1. The first-order valence-electron chi connectivity index (χ1n) is 10.5. The van der Waals surface area contributed by atoms with Gasteiger partial charge in [-0.05, 0) is 36.2 Å². The molecule has 0 radical (unpaired) electrons. The Hall–Kier alpha value is -3.43. The van der Waals surface area contributed by atoms with E-state index in [4.69, 9.17) is 15.5 Å². The van der Waals surface area contributed by atoms with Crippen molar-refractivity contribution in [1.29, 1.82) is 0 Å². The van der Waals surface area contributed by atoms with Gasteiger partial charge in [0.25, 0.3) is 0 Å². The van der Waals surface area contributed by atoms with Crippen molar-refractivity contribution in [3.05, 3.63) is 54.2 Å². The predicted octanol–water partition coefficient (Wildman–Crippen LogP) is 3.50. The summed E-state index contributed by atoms with van der Waals surface area (Å²) >= 11 is 1.63. The van der Waals surface area contributed by atoms with Gasteiger partial charge in [-0.2, -0.15) is 0 Å². The number of fused-ring (bicyclic) bond motifs is 3. The van der Waals surface area contributed by atoms with Crippen molar-refractivity contribution in [3.8, 4) is 11.3 Å². The number of aryl methyl sites for hydroxylation is 1. The maximum Gasteiger partial charge on any atom is 0.316 e. The van der Waals surface area contributed by atoms with Crippen molar-refractivity contribution in [2.24, 2.45) is 5.73 Å². The number of morpholine rings is 1. The number of primary amides is 1. The van der Waals surface area contributed by atoms with Crippen LogP contribution in [0.15, 0.2) is 48.7 Å². The van der Waals surface area contributed by atoms with Crippen LogP contribution < -0.4 is 11.1 Å². The maximum absolute atomic E-state index is 12.4. The third-order valence-electron chi connectivity index (χ3n) is 5.60. The Bertz CT molecular complexity index is 1290. The highest BCUT2D eigenvalue weighted by atomic mass is 32.1. The number of benzene rings is 2. The Morgan fingerprint density at radius 2 is 1.91 bits per heavy atom. The molecule has 164 valence electrons. The van der Waals surface area contributed by atoms with Gasteiger partial charge in [-0.3, -0.25) is 9.20 Å². The van der Waals surface area contributed by atoms with Gasteiger partial charge in [0, 0.05) is 37.0 Å². The molecule has 8 nitrogen and oxygen atoms in total. The van der Waals surface area contributed by atoms with Crippen molar-refractivity contribution in [1.82, 2.24) is 14.3 Å². The number of anilines is 1. The van der Waals surface area contributed by atoms with E-state index in [0.29, 0.717) is 38.4 Å². The Morgan fingerprint density at radius 3 is 2.66 bits per heavy atom. The SMILES string of the molecule is NC(=O)Nc1ccc(-c2cn3c(n2)sc2cc(CCC(=O)N4CCOCC4)ccc23)cc1. The maximum atomic E-state index is 12.4. The highest BCUT2D eigenvalue weighted by Crippen LogP contribution is 2.30. The normalized spacial score (nSPS) is 14.2. The number of carbonyl (C=O) groups excluding carboxylic acids is 2. The van der Waals surface area contributed by atoms with Crippen molar-refractivity contribution in [2.75, 3.05) is 31.6 Å². The number of imidazole rings is 1. The number of amides is 3. The summed E-state index contributed by atoms with van der Waals surface area (Å²) in [7, 11) is 0. The molecule has 3 amide bonds. The Kier molecular flexibility index (Phi) is 5.50. The minimum Gasteiger partial charge on any atom is -0.378 e. The van der Waals surface area contributed by atoms with Crippen molar-refractivity contribution in [3.63, 3.8) is 0 Å². The van der Waals surface area contributed by atoms with E-state index < -0.39 is 6.03 Å². The molecule has 1 fully saturated rings. The van der Waals surface area contributed by atoms with Gasteiger partial charge in [0.05, 0.1) is 29.1 Å². The number of nitrogens with two attached hydrogens (primary N) is 1. The average Bonchev–Trinajstić information content (AvgIpc) is 3.36. The summed E-state index contributed by atoms with van der Waals surface area (Å²) in [6, 6.07) is 13.2. The average molecular weight is 450 g/mol. The molecule has 32 heavy (non-hydrogen) atoms. The molecule has 4 aromatic rings. The van der Waals surface area contributed by atoms with Crippen LogP contribution in [0.2, 0.25) is 0 Å². The number of carbonyl (C=O) groups is 2. The molecular formula is C23H23N5O3S. The van der Waals surface area contributed by atoms with Crippen LogP contribution in [0.3, 0.4) is 0 Å². The first-order valence-corrected chi connectivity index (χ1v) is 11.3. The summed E-state index contributed by atoms with van der Waals surface area (Å²) in [5.41, 5.74) is 9.88. The molecule has 0 bridgehead atoms. The summed E-state index contributed by atoms with van der Waals surface area (Å²) < 4.78 is 8.56. The quantitative estimate of drug-likeness (QED) is 0.487. The molecule has 2 aromatic carbocycles. The van der Waals surface area contributed by atoms with Gasteiger partial charge in [-0.15, -0.1) is 0 Å². The number of hydrogen-bond donors (Lipinski definition) is 2. The molecule has 9 heteroatoms. The summed E-state index contributed by atoms with van der Waals surface area (Å²) in [5.74, 6) is 0.191. The second kappa shape index (κ2) is 8.60. The van der Waals surface area contributed by atoms with Crippen molar-refractivity contribution < 1.29 is 14.3 Å². The number of ether oxygens (including phenoxy) is 1. The van der Waals surface area contributed by atoms with Crippen LogP contribution in [-0.2, 0) is 16.0 Å². The van der Waals surface area contributed by atoms with Crippen LogP contribution in [-0.4, -0.2) is 52.5 Å². The number of rotatable bonds is 5. The van der Waals surface area contributed by atoms with Crippen LogP contribution in [0.25, 0.3) is 26.4 Å². The van der Waals surface area contributed by atoms with Gasteiger partial charge in [-0.25, -0.2) is 9.78 Å². The molecule has 3 heterocycles. The van der Waals surface area contributed by atoms with E-state index in [1.165, 1.54) is 0 Å². The zero-order valence-electron chi connectivity index (χ0n) is 17.4. The molecule has 1 aliphatic rings. The van der Waals surface area contributed by atoms with E-state index in [-0.39, 0.29) is 5.91 Å². The van der Waals surface area contributed by atoms with Crippen LogP contribution in [0, 0.1) is 0 Å².